The van der Waals surface area contributed by atoms with Gasteiger partial charge in [0.1, 0.15) is 0 Å². The van der Waals surface area contributed by atoms with Crippen LogP contribution in [-0.2, 0) is 4.79 Å². The third-order valence-electron chi connectivity index (χ3n) is 14.6. The van der Waals surface area contributed by atoms with Gasteiger partial charge in [-0.2, -0.15) is 0 Å². The average Bonchev–Trinajstić information content (AvgIpc) is 3.35. The molecule has 0 spiro atoms. The van der Waals surface area contributed by atoms with Crippen LogP contribution in [0.3, 0.4) is 0 Å². The molecule has 1 amide bonds. The predicted octanol–water partition coefficient (Wildman–Crippen LogP) is 21.0. The van der Waals surface area contributed by atoms with Gasteiger partial charge in [-0.3, -0.25) is 4.79 Å². The van der Waals surface area contributed by atoms with Crippen LogP contribution >= 0.6 is 0 Å². The van der Waals surface area contributed by atoms with Crippen LogP contribution < -0.4 is 5.32 Å². The van der Waals surface area contributed by atoms with Crippen molar-refractivity contribution in [2.24, 2.45) is 0 Å². The number of unbranched alkanes of at least 4 members (excludes halogenated alkanes) is 43. The van der Waals surface area contributed by atoms with E-state index in [4.69, 9.17) is 0 Å². The molecule has 0 aliphatic carbocycles. The molecule has 0 bridgehead atoms. The van der Waals surface area contributed by atoms with Crippen molar-refractivity contribution in [3.8, 4) is 0 Å². The fourth-order valence-corrected chi connectivity index (χ4v) is 9.89. The van der Waals surface area contributed by atoms with Crippen LogP contribution in [0.1, 0.15) is 341 Å². The molecule has 0 saturated heterocycles. The van der Waals surface area contributed by atoms with Crippen LogP contribution in [0.4, 0.5) is 0 Å². The van der Waals surface area contributed by atoms with Gasteiger partial charge in [0.25, 0.3) is 0 Å². The first-order chi connectivity index (χ1) is 34.2. The van der Waals surface area contributed by atoms with Gasteiger partial charge in [0.15, 0.2) is 0 Å². The minimum absolute atomic E-state index is 0.0245. The number of hydrogen-bond acceptors (Lipinski definition) is 3. The molecule has 406 valence electrons. The second kappa shape index (κ2) is 60.7. The van der Waals surface area contributed by atoms with Crippen molar-refractivity contribution in [3.05, 3.63) is 48.6 Å². The lowest BCUT2D eigenvalue weighted by Gasteiger charge is -2.22. The summed E-state index contributed by atoms with van der Waals surface area (Å²) >= 11 is 0. The Balaban J connectivity index is 3.40. The Morgan fingerprint density at radius 2 is 0.638 bits per heavy atom. The number of carbonyl (C=O) groups excluding carboxylic acids is 1. The third kappa shape index (κ3) is 57.1. The summed E-state index contributed by atoms with van der Waals surface area (Å²) in [5, 5.41) is 23.4. The maximum absolute atomic E-state index is 12.5. The molecular formula is C65H123NO3. The summed E-state index contributed by atoms with van der Waals surface area (Å²) in [6, 6.07) is -0.536. The Hall–Kier alpha value is -1.65. The van der Waals surface area contributed by atoms with Crippen molar-refractivity contribution in [2.75, 3.05) is 6.61 Å². The minimum atomic E-state index is -0.659. The molecule has 0 fully saturated rings. The molecule has 4 nitrogen and oxygen atoms in total. The van der Waals surface area contributed by atoms with Crippen molar-refractivity contribution in [1.29, 1.82) is 0 Å². The Labute approximate surface area is 433 Å². The number of hydrogen-bond donors (Lipinski definition) is 3. The molecule has 0 aromatic carbocycles. The van der Waals surface area contributed by atoms with E-state index in [0.717, 1.165) is 51.4 Å². The van der Waals surface area contributed by atoms with Crippen LogP contribution in [0.5, 0.6) is 0 Å². The van der Waals surface area contributed by atoms with Crippen molar-refractivity contribution in [3.63, 3.8) is 0 Å². The number of aliphatic hydroxyl groups is 2. The Kier molecular flexibility index (Phi) is 59.2. The summed E-state index contributed by atoms with van der Waals surface area (Å²) in [4.78, 5) is 12.5. The van der Waals surface area contributed by atoms with Crippen LogP contribution in [-0.4, -0.2) is 34.9 Å². The van der Waals surface area contributed by atoms with Gasteiger partial charge >= 0.3 is 0 Å². The Morgan fingerprint density at radius 3 is 0.957 bits per heavy atom. The van der Waals surface area contributed by atoms with Crippen molar-refractivity contribution >= 4 is 5.91 Å². The number of rotatable bonds is 58. The van der Waals surface area contributed by atoms with E-state index in [1.807, 2.05) is 0 Å². The second-order valence-corrected chi connectivity index (χ2v) is 21.5. The summed E-state index contributed by atoms with van der Waals surface area (Å²) in [5.74, 6) is -0.0245. The van der Waals surface area contributed by atoms with E-state index in [0.29, 0.717) is 12.8 Å². The monoisotopic (exact) mass is 966 g/mol. The number of carbonyl (C=O) groups is 1. The zero-order valence-electron chi connectivity index (χ0n) is 46.8. The Morgan fingerprint density at radius 1 is 0.362 bits per heavy atom. The average molecular weight is 967 g/mol. The van der Waals surface area contributed by atoms with E-state index in [-0.39, 0.29) is 12.5 Å². The highest BCUT2D eigenvalue weighted by atomic mass is 16.3. The van der Waals surface area contributed by atoms with Crippen LogP contribution in [0.25, 0.3) is 0 Å². The van der Waals surface area contributed by atoms with Crippen LogP contribution in [0.15, 0.2) is 48.6 Å². The maximum Gasteiger partial charge on any atom is 0.220 e. The molecule has 2 atom stereocenters. The van der Waals surface area contributed by atoms with Gasteiger partial charge in [-0.05, 0) is 51.4 Å². The molecule has 0 aromatic rings. The quantitative estimate of drug-likeness (QED) is 0.0420. The molecule has 0 radical (unpaired) electrons. The predicted molar refractivity (Wildman–Crippen MR) is 308 cm³/mol. The van der Waals surface area contributed by atoms with Crippen LogP contribution in [0.2, 0.25) is 0 Å². The molecule has 2 unspecified atom stereocenters. The van der Waals surface area contributed by atoms with Gasteiger partial charge in [-0.25, -0.2) is 0 Å². The van der Waals surface area contributed by atoms with Gasteiger partial charge in [0, 0.05) is 6.42 Å². The number of aliphatic hydroxyl groups excluding tert-OH is 2. The molecule has 0 saturated carbocycles. The van der Waals surface area contributed by atoms with Crippen LogP contribution in [0, 0.1) is 0 Å². The lowest BCUT2D eigenvalue weighted by atomic mass is 10.0. The topological polar surface area (TPSA) is 69.6 Å². The summed E-state index contributed by atoms with van der Waals surface area (Å²) in [7, 11) is 0. The van der Waals surface area contributed by atoms with Crippen molar-refractivity contribution in [2.45, 2.75) is 353 Å². The summed E-state index contributed by atoms with van der Waals surface area (Å²) in [6.07, 6.45) is 84.2. The van der Waals surface area contributed by atoms with Gasteiger partial charge in [-0.15, -0.1) is 0 Å². The zero-order valence-corrected chi connectivity index (χ0v) is 46.8. The lowest BCUT2D eigenvalue weighted by molar-refractivity contribution is -0.123. The number of amides is 1. The number of nitrogens with one attached hydrogen (secondary N) is 1. The number of allylic oxidation sites excluding steroid dienone is 8. The zero-order chi connectivity index (χ0) is 49.9. The summed E-state index contributed by atoms with van der Waals surface area (Å²) in [6.45, 7) is 4.28. The fourth-order valence-electron chi connectivity index (χ4n) is 9.89. The van der Waals surface area contributed by atoms with Gasteiger partial charge < -0.3 is 15.5 Å². The summed E-state index contributed by atoms with van der Waals surface area (Å²) < 4.78 is 0. The fraction of sp³-hybridized carbons (Fsp3) is 0.862. The largest absolute Gasteiger partial charge is 0.394 e. The first-order valence-electron chi connectivity index (χ1n) is 31.3. The molecule has 0 aliphatic heterocycles. The third-order valence-corrected chi connectivity index (χ3v) is 14.6. The lowest BCUT2D eigenvalue weighted by Crippen LogP contribution is -2.45. The van der Waals surface area contributed by atoms with E-state index in [9.17, 15) is 15.0 Å². The SMILES string of the molecule is CC/C=C\C/C=C\C/C=C\C/C=C\CCCCCCCCCCCCCCCCCCCCCCCCC(=O)NC(CO)C(O)CCCCCCCCCCCCCCCCCCCCCCCC. The molecule has 0 rings (SSSR count). The summed E-state index contributed by atoms with van der Waals surface area (Å²) in [5.41, 5.74) is 0. The van der Waals surface area contributed by atoms with Crippen molar-refractivity contribution < 1.29 is 15.0 Å². The van der Waals surface area contributed by atoms with Gasteiger partial charge in [-0.1, -0.05) is 332 Å². The molecular weight excluding hydrogens is 843 g/mol. The van der Waals surface area contributed by atoms with E-state index < -0.39 is 12.1 Å². The highest BCUT2D eigenvalue weighted by Crippen LogP contribution is 2.18. The van der Waals surface area contributed by atoms with Gasteiger partial charge in [0.2, 0.25) is 5.91 Å². The molecule has 0 heterocycles. The van der Waals surface area contributed by atoms with E-state index >= 15 is 0 Å². The molecule has 0 aromatic heterocycles. The highest BCUT2D eigenvalue weighted by molar-refractivity contribution is 5.76. The Bertz CT molecular complexity index is 1090. The van der Waals surface area contributed by atoms with E-state index in [2.05, 4.69) is 67.8 Å². The highest BCUT2D eigenvalue weighted by Gasteiger charge is 2.20. The molecule has 4 heteroatoms. The van der Waals surface area contributed by atoms with Gasteiger partial charge in [0.05, 0.1) is 18.8 Å². The smallest absolute Gasteiger partial charge is 0.220 e. The molecule has 3 N–H and O–H groups in total. The minimum Gasteiger partial charge on any atom is -0.394 e. The van der Waals surface area contributed by atoms with E-state index in [1.165, 1.54) is 263 Å². The second-order valence-electron chi connectivity index (χ2n) is 21.5. The van der Waals surface area contributed by atoms with E-state index in [1.54, 1.807) is 0 Å². The maximum atomic E-state index is 12.5. The first kappa shape index (κ1) is 67.3. The van der Waals surface area contributed by atoms with Crippen molar-refractivity contribution in [1.82, 2.24) is 5.32 Å². The normalized spacial score (nSPS) is 13.0. The molecule has 0 aliphatic rings. The first-order valence-corrected chi connectivity index (χ1v) is 31.3. The standard InChI is InChI=1S/C65H123NO3/c1-3-5-7-9-11-13-15-17-19-21-23-25-27-28-29-30-31-32-33-34-35-36-37-38-39-41-43-45-47-49-51-53-55-57-59-61-65(69)66-63(62-67)64(68)60-58-56-54-52-50-48-46-44-42-40-26-24-22-20-18-16-14-12-10-8-6-4-2/h5,7,11,13,17,19,23,25,63-64,67-68H,3-4,6,8-10,12,14-16,18,20-22,24,26-62H2,1-2H3,(H,66,69)/b7-5-,13-11-,19-17-,25-23-. The molecule has 69 heavy (non-hydrogen) atoms.